The van der Waals surface area contributed by atoms with Crippen LogP contribution in [-0.4, -0.2) is 55.4 Å². The number of ether oxygens (including phenoxy) is 1. The van der Waals surface area contributed by atoms with Gasteiger partial charge < -0.3 is 19.5 Å². The number of benzene rings is 2. The lowest BCUT2D eigenvalue weighted by molar-refractivity contribution is 0.00680. The highest BCUT2D eigenvalue weighted by Crippen LogP contribution is 2.30. The molecule has 9 nitrogen and oxygen atoms in total. The molecule has 0 saturated carbocycles. The molecule has 1 aliphatic heterocycles. The highest BCUT2D eigenvalue weighted by molar-refractivity contribution is 5.83. The summed E-state index contributed by atoms with van der Waals surface area (Å²) < 4.78 is 22.3. The number of likely N-dealkylation sites (tertiary alicyclic amines) is 1. The van der Waals surface area contributed by atoms with Crippen molar-refractivity contribution in [3.8, 4) is 0 Å². The molecule has 2 aromatic carbocycles. The van der Waals surface area contributed by atoms with Gasteiger partial charge in [-0.3, -0.25) is 4.57 Å². The molecule has 4 aromatic rings. The van der Waals surface area contributed by atoms with Crippen molar-refractivity contribution in [3.63, 3.8) is 0 Å². The summed E-state index contributed by atoms with van der Waals surface area (Å²) in [5.41, 5.74) is 1.84. The average Bonchev–Trinajstić information content (AvgIpc) is 3.24. The Hall–Kier alpha value is -4.21. The molecular formula is C29H33FN6O3. The maximum absolute atomic E-state index is 15.5. The summed E-state index contributed by atoms with van der Waals surface area (Å²) in [4.78, 5) is 41.0. The SMILES string of the molecule is CC(C)(C)OC(=O)N1CC[C@@H](n2c(=O)[nH]c3c(N(Cc4ccccc4)Cc4ccccc4)ncnc32)[C@@H](F)C1. The summed E-state index contributed by atoms with van der Waals surface area (Å²) in [6, 6.07) is 19.2. The summed E-state index contributed by atoms with van der Waals surface area (Å²) in [6.07, 6.45) is -0.360. The van der Waals surface area contributed by atoms with Crippen LogP contribution in [0.25, 0.3) is 11.2 Å². The third-order valence-electron chi connectivity index (χ3n) is 6.71. The molecule has 1 fully saturated rings. The number of alkyl halides is 1. The Bertz CT molecular complexity index is 1440. The van der Waals surface area contributed by atoms with Crippen LogP contribution in [0.3, 0.4) is 0 Å². The van der Waals surface area contributed by atoms with Crippen molar-refractivity contribution < 1.29 is 13.9 Å². The molecule has 10 heteroatoms. The summed E-state index contributed by atoms with van der Waals surface area (Å²) in [7, 11) is 0. The molecule has 204 valence electrons. The molecule has 2 aromatic heterocycles. The zero-order chi connectivity index (χ0) is 27.6. The first-order valence-electron chi connectivity index (χ1n) is 13.1. The molecule has 0 unspecified atom stereocenters. The van der Waals surface area contributed by atoms with Crippen LogP contribution in [0.2, 0.25) is 0 Å². The quantitative estimate of drug-likeness (QED) is 0.382. The molecule has 0 spiro atoms. The third-order valence-corrected chi connectivity index (χ3v) is 6.71. The molecular weight excluding hydrogens is 499 g/mol. The van der Waals surface area contributed by atoms with E-state index >= 15 is 4.39 Å². The third kappa shape index (κ3) is 5.94. The lowest BCUT2D eigenvalue weighted by atomic mass is 10.0. The molecule has 1 amide bonds. The number of aromatic amines is 1. The van der Waals surface area contributed by atoms with Crippen LogP contribution in [0.4, 0.5) is 15.0 Å². The highest BCUT2D eigenvalue weighted by Gasteiger charge is 2.36. The second-order valence-electron chi connectivity index (χ2n) is 10.8. The number of aromatic nitrogens is 4. The molecule has 2 atom stereocenters. The van der Waals surface area contributed by atoms with Gasteiger partial charge in [0.1, 0.15) is 23.6 Å². The smallest absolute Gasteiger partial charge is 0.410 e. The van der Waals surface area contributed by atoms with Gasteiger partial charge in [0.2, 0.25) is 0 Å². The number of halogens is 1. The summed E-state index contributed by atoms with van der Waals surface area (Å²) in [6.45, 7) is 6.52. The van der Waals surface area contributed by atoms with E-state index in [1.54, 1.807) is 20.8 Å². The Morgan fingerprint density at radius 2 is 1.67 bits per heavy atom. The Morgan fingerprint density at radius 3 is 2.23 bits per heavy atom. The fraction of sp³-hybridized carbons (Fsp3) is 0.379. The largest absolute Gasteiger partial charge is 0.444 e. The van der Waals surface area contributed by atoms with Crippen LogP contribution in [0.1, 0.15) is 44.4 Å². The number of imidazole rings is 1. The maximum Gasteiger partial charge on any atom is 0.410 e. The van der Waals surface area contributed by atoms with Crippen molar-refractivity contribution in [2.24, 2.45) is 0 Å². The molecule has 1 N–H and O–H groups in total. The van der Waals surface area contributed by atoms with Gasteiger partial charge in [0.25, 0.3) is 0 Å². The van der Waals surface area contributed by atoms with E-state index in [9.17, 15) is 9.59 Å². The Morgan fingerprint density at radius 1 is 1.05 bits per heavy atom. The first-order valence-corrected chi connectivity index (χ1v) is 13.1. The van der Waals surface area contributed by atoms with Crippen molar-refractivity contribution in [2.75, 3.05) is 18.0 Å². The lowest BCUT2D eigenvalue weighted by Gasteiger charge is -2.35. The summed E-state index contributed by atoms with van der Waals surface area (Å²) in [5.74, 6) is 0.560. The second kappa shape index (κ2) is 10.9. The fourth-order valence-corrected chi connectivity index (χ4v) is 4.96. The minimum atomic E-state index is -1.47. The number of hydrogen-bond donors (Lipinski definition) is 1. The van der Waals surface area contributed by atoms with Gasteiger partial charge in [-0.2, -0.15) is 0 Å². The standard InChI is InChI=1S/C29H33FN6O3/c1-29(2,3)39-28(38)34-15-14-23(22(30)18-34)36-26-24(33-27(36)37)25(31-19-32-26)35(16-20-10-6-4-7-11-20)17-21-12-8-5-9-13-21/h4-13,19,22-23H,14-18H2,1-3H3,(H,33,37)/t22-,23+/m0/s1. The zero-order valence-electron chi connectivity index (χ0n) is 22.4. The number of H-pyrrole nitrogens is 1. The number of fused-ring (bicyclic) bond motifs is 1. The summed E-state index contributed by atoms with van der Waals surface area (Å²) >= 11 is 0. The maximum atomic E-state index is 15.5. The average molecular weight is 533 g/mol. The predicted molar refractivity (Wildman–Crippen MR) is 147 cm³/mol. The van der Waals surface area contributed by atoms with Gasteiger partial charge in [0, 0.05) is 19.6 Å². The molecule has 3 heterocycles. The predicted octanol–water partition coefficient (Wildman–Crippen LogP) is 4.85. The van der Waals surface area contributed by atoms with E-state index in [4.69, 9.17) is 4.74 Å². The van der Waals surface area contributed by atoms with Crippen molar-refractivity contribution >= 4 is 23.1 Å². The van der Waals surface area contributed by atoms with Gasteiger partial charge in [0.15, 0.2) is 11.5 Å². The van der Waals surface area contributed by atoms with Crippen molar-refractivity contribution in [1.29, 1.82) is 0 Å². The first-order chi connectivity index (χ1) is 18.7. The van der Waals surface area contributed by atoms with E-state index in [2.05, 4.69) is 19.9 Å². The first kappa shape index (κ1) is 26.4. The number of nitrogens with zero attached hydrogens (tertiary/aromatic N) is 5. The van der Waals surface area contributed by atoms with Gasteiger partial charge in [-0.25, -0.2) is 23.9 Å². The van der Waals surface area contributed by atoms with E-state index in [1.807, 2.05) is 60.7 Å². The molecule has 0 aliphatic carbocycles. The number of hydrogen-bond acceptors (Lipinski definition) is 6. The zero-order valence-corrected chi connectivity index (χ0v) is 22.4. The van der Waals surface area contributed by atoms with Crippen LogP contribution in [-0.2, 0) is 17.8 Å². The molecule has 0 bridgehead atoms. The van der Waals surface area contributed by atoms with Gasteiger partial charge in [0.05, 0.1) is 12.6 Å². The molecule has 5 rings (SSSR count). The number of amides is 1. The van der Waals surface area contributed by atoms with Gasteiger partial charge in [-0.15, -0.1) is 0 Å². The van der Waals surface area contributed by atoms with Crippen molar-refractivity contribution in [3.05, 3.63) is 88.6 Å². The lowest BCUT2D eigenvalue weighted by Crippen LogP contribution is -2.48. The van der Waals surface area contributed by atoms with Crippen LogP contribution in [0.15, 0.2) is 71.8 Å². The Kier molecular flexibility index (Phi) is 7.36. The van der Waals surface area contributed by atoms with Crippen molar-refractivity contribution in [2.45, 2.75) is 58.1 Å². The van der Waals surface area contributed by atoms with Crippen molar-refractivity contribution in [1.82, 2.24) is 24.4 Å². The topological polar surface area (TPSA) is 96.3 Å². The van der Waals surface area contributed by atoms with Gasteiger partial charge >= 0.3 is 11.8 Å². The van der Waals surface area contributed by atoms with Crippen LogP contribution >= 0.6 is 0 Å². The molecule has 1 aliphatic rings. The van der Waals surface area contributed by atoms with E-state index in [0.29, 0.717) is 30.1 Å². The molecule has 39 heavy (non-hydrogen) atoms. The van der Waals surface area contributed by atoms with E-state index < -0.39 is 29.6 Å². The number of rotatable bonds is 6. The Balaban J connectivity index is 1.46. The number of nitrogens with one attached hydrogen (secondary N) is 1. The molecule has 1 saturated heterocycles. The Labute approximate surface area is 226 Å². The fourth-order valence-electron chi connectivity index (χ4n) is 4.96. The number of carbonyl (C=O) groups is 1. The van der Waals surface area contributed by atoms with Gasteiger partial charge in [-0.05, 0) is 38.3 Å². The monoisotopic (exact) mass is 532 g/mol. The van der Waals surface area contributed by atoms with E-state index in [0.717, 1.165) is 11.1 Å². The summed E-state index contributed by atoms with van der Waals surface area (Å²) in [5, 5.41) is 0. The second-order valence-corrected chi connectivity index (χ2v) is 10.8. The van der Waals surface area contributed by atoms with Crippen LogP contribution < -0.4 is 10.6 Å². The van der Waals surface area contributed by atoms with Crippen LogP contribution in [0, 0.1) is 0 Å². The van der Waals surface area contributed by atoms with E-state index in [1.165, 1.54) is 15.8 Å². The number of anilines is 1. The number of piperidine rings is 1. The number of carbonyl (C=O) groups excluding carboxylic acids is 1. The van der Waals surface area contributed by atoms with E-state index in [-0.39, 0.29) is 19.5 Å². The minimum Gasteiger partial charge on any atom is -0.444 e. The van der Waals surface area contributed by atoms with Crippen LogP contribution in [0.5, 0.6) is 0 Å². The minimum absolute atomic E-state index is 0.162. The van der Waals surface area contributed by atoms with Gasteiger partial charge in [-0.1, -0.05) is 60.7 Å². The molecule has 0 radical (unpaired) electrons. The highest BCUT2D eigenvalue weighted by atomic mass is 19.1. The normalized spacial score (nSPS) is 17.8.